The van der Waals surface area contributed by atoms with Crippen molar-refractivity contribution in [2.24, 2.45) is 0 Å². The number of carbonyl (C=O) groups is 1. The van der Waals surface area contributed by atoms with E-state index in [4.69, 9.17) is 0 Å². The minimum absolute atomic E-state index is 0.00200. The maximum atomic E-state index is 12.2. The molecule has 1 amide bonds. The van der Waals surface area contributed by atoms with E-state index >= 15 is 0 Å². The number of anilines is 1. The van der Waals surface area contributed by atoms with Gasteiger partial charge in [-0.1, -0.05) is 30.3 Å². The average Bonchev–Trinajstić information content (AvgIpc) is 3.04. The Hall–Kier alpha value is -2.80. The van der Waals surface area contributed by atoms with Gasteiger partial charge in [0.1, 0.15) is 5.75 Å². The first-order chi connectivity index (χ1) is 11.6. The summed E-state index contributed by atoms with van der Waals surface area (Å²) in [4.78, 5) is 16.5. The van der Waals surface area contributed by atoms with Crippen molar-refractivity contribution in [3.8, 4) is 17.0 Å². The van der Waals surface area contributed by atoms with Crippen LogP contribution in [0.4, 0.5) is 13.9 Å². The Morgan fingerprint density at radius 1 is 1.08 bits per heavy atom. The summed E-state index contributed by atoms with van der Waals surface area (Å²) in [6.45, 7) is -2.89. The number of ether oxygens (including phenoxy) is 1. The maximum absolute atomic E-state index is 12.2. The molecule has 2 aromatic carbocycles. The van der Waals surface area contributed by atoms with Crippen LogP contribution >= 0.6 is 11.3 Å². The van der Waals surface area contributed by atoms with Gasteiger partial charge in [-0.05, 0) is 24.3 Å². The van der Waals surface area contributed by atoms with Crippen LogP contribution in [0.5, 0.6) is 5.75 Å². The fourth-order valence-corrected chi connectivity index (χ4v) is 2.74. The van der Waals surface area contributed by atoms with Crippen LogP contribution in [0.1, 0.15) is 10.4 Å². The van der Waals surface area contributed by atoms with Crippen molar-refractivity contribution in [1.29, 1.82) is 0 Å². The number of thiazole rings is 1. The highest BCUT2D eigenvalue weighted by Gasteiger charge is 2.11. The van der Waals surface area contributed by atoms with E-state index in [0.29, 0.717) is 10.7 Å². The van der Waals surface area contributed by atoms with Crippen molar-refractivity contribution in [3.05, 3.63) is 65.5 Å². The Bertz CT molecular complexity index is 820. The monoisotopic (exact) mass is 346 g/mol. The quantitative estimate of drug-likeness (QED) is 0.731. The smallest absolute Gasteiger partial charge is 0.387 e. The van der Waals surface area contributed by atoms with Crippen LogP contribution < -0.4 is 10.1 Å². The van der Waals surface area contributed by atoms with E-state index in [9.17, 15) is 13.6 Å². The summed E-state index contributed by atoms with van der Waals surface area (Å²) in [5, 5.41) is 5.00. The second-order valence-electron chi connectivity index (χ2n) is 4.76. The highest BCUT2D eigenvalue weighted by atomic mass is 32.1. The summed E-state index contributed by atoms with van der Waals surface area (Å²) >= 11 is 1.31. The highest BCUT2D eigenvalue weighted by Crippen LogP contribution is 2.25. The molecule has 0 aliphatic heterocycles. The molecular formula is C17H12F2N2O2S. The number of rotatable bonds is 5. The minimum Gasteiger partial charge on any atom is -0.435 e. The molecule has 0 spiro atoms. The number of nitrogens with zero attached hydrogens (tertiary/aromatic N) is 1. The normalized spacial score (nSPS) is 10.6. The van der Waals surface area contributed by atoms with E-state index in [2.05, 4.69) is 15.0 Å². The number of hydrogen-bond acceptors (Lipinski definition) is 4. The number of carbonyl (C=O) groups excluding carboxylic acids is 1. The standard InChI is InChI=1S/C17H12F2N2O2S/c18-16(19)23-13-8-6-12(7-9-13)15(22)21-17-20-14(10-24-17)11-4-2-1-3-5-11/h1-10,16H,(H,20,21,22). The Labute approximate surface area is 140 Å². The number of benzene rings is 2. The number of hydrogen-bond donors (Lipinski definition) is 1. The SMILES string of the molecule is O=C(Nc1nc(-c2ccccc2)cs1)c1ccc(OC(F)F)cc1. The van der Waals surface area contributed by atoms with Gasteiger partial charge in [-0.2, -0.15) is 8.78 Å². The lowest BCUT2D eigenvalue weighted by Crippen LogP contribution is -2.11. The lowest BCUT2D eigenvalue weighted by atomic mass is 10.2. The Kier molecular flexibility index (Phi) is 4.81. The molecule has 1 aromatic heterocycles. The van der Waals surface area contributed by atoms with Crippen LogP contribution in [0.25, 0.3) is 11.3 Å². The third-order valence-electron chi connectivity index (χ3n) is 3.14. The van der Waals surface area contributed by atoms with E-state index in [1.165, 1.54) is 35.6 Å². The van der Waals surface area contributed by atoms with Crippen molar-refractivity contribution in [2.45, 2.75) is 6.61 Å². The van der Waals surface area contributed by atoms with Gasteiger partial charge in [-0.3, -0.25) is 10.1 Å². The Morgan fingerprint density at radius 3 is 2.46 bits per heavy atom. The summed E-state index contributed by atoms with van der Waals surface area (Å²) in [5.74, 6) is -0.366. The predicted molar refractivity (Wildman–Crippen MR) is 88.6 cm³/mol. The second kappa shape index (κ2) is 7.18. The van der Waals surface area contributed by atoms with Gasteiger partial charge in [-0.25, -0.2) is 4.98 Å². The van der Waals surface area contributed by atoms with Gasteiger partial charge in [0, 0.05) is 16.5 Å². The van der Waals surface area contributed by atoms with Gasteiger partial charge in [0.25, 0.3) is 5.91 Å². The fourth-order valence-electron chi connectivity index (χ4n) is 2.03. The van der Waals surface area contributed by atoms with Gasteiger partial charge in [0.05, 0.1) is 5.69 Å². The summed E-state index contributed by atoms with van der Waals surface area (Å²) in [7, 11) is 0. The first-order valence-corrected chi connectivity index (χ1v) is 7.87. The Balaban J connectivity index is 1.68. The molecule has 122 valence electrons. The number of amides is 1. The summed E-state index contributed by atoms with van der Waals surface area (Å²) in [6.07, 6.45) is 0. The predicted octanol–water partition coefficient (Wildman–Crippen LogP) is 4.66. The number of nitrogens with one attached hydrogen (secondary N) is 1. The van der Waals surface area contributed by atoms with Crippen LogP contribution in [0.15, 0.2) is 60.0 Å². The molecule has 0 radical (unpaired) electrons. The molecule has 1 heterocycles. The molecule has 0 unspecified atom stereocenters. The van der Waals surface area contributed by atoms with Crippen molar-refractivity contribution in [3.63, 3.8) is 0 Å². The van der Waals surface area contributed by atoms with E-state index in [1.807, 2.05) is 35.7 Å². The molecule has 4 nitrogen and oxygen atoms in total. The molecule has 7 heteroatoms. The number of alkyl halides is 2. The molecule has 1 N–H and O–H groups in total. The molecule has 0 atom stereocenters. The Morgan fingerprint density at radius 2 is 1.79 bits per heavy atom. The van der Waals surface area contributed by atoms with E-state index < -0.39 is 6.61 Å². The molecule has 0 bridgehead atoms. The molecule has 3 rings (SSSR count). The van der Waals surface area contributed by atoms with E-state index in [1.54, 1.807) is 0 Å². The maximum Gasteiger partial charge on any atom is 0.387 e. The van der Waals surface area contributed by atoms with Crippen molar-refractivity contribution >= 4 is 22.4 Å². The largest absolute Gasteiger partial charge is 0.435 e. The first-order valence-electron chi connectivity index (χ1n) is 6.99. The highest BCUT2D eigenvalue weighted by molar-refractivity contribution is 7.14. The zero-order chi connectivity index (χ0) is 16.9. The van der Waals surface area contributed by atoms with E-state index in [-0.39, 0.29) is 11.7 Å². The second-order valence-corrected chi connectivity index (χ2v) is 5.62. The summed E-state index contributed by atoms with van der Waals surface area (Å²) < 4.78 is 28.4. The summed E-state index contributed by atoms with van der Waals surface area (Å²) in [5.41, 5.74) is 2.06. The molecule has 0 aliphatic carbocycles. The van der Waals surface area contributed by atoms with Crippen LogP contribution in [-0.4, -0.2) is 17.5 Å². The van der Waals surface area contributed by atoms with Crippen LogP contribution in [0, 0.1) is 0 Å². The lowest BCUT2D eigenvalue weighted by molar-refractivity contribution is -0.0498. The first kappa shape index (κ1) is 16.1. The zero-order valence-electron chi connectivity index (χ0n) is 12.3. The average molecular weight is 346 g/mol. The minimum atomic E-state index is -2.89. The molecule has 0 saturated heterocycles. The molecule has 24 heavy (non-hydrogen) atoms. The molecule has 0 fully saturated rings. The van der Waals surface area contributed by atoms with Gasteiger partial charge in [0.15, 0.2) is 5.13 Å². The number of aromatic nitrogens is 1. The van der Waals surface area contributed by atoms with Crippen molar-refractivity contribution in [1.82, 2.24) is 4.98 Å². The van der Waals surface area contributed by atoms with Gasteiger partial charge >= 0.3 is 6.61 Å². The zero-order valence-corrected chi connectivity index (χ0v) is 13.1. The van der Waals surface area contributed by atoms with Gasteiger partial charge < -0.3 is 4.74 Å². The summed E-state index contributed by atoms with van der Waals surface area (Å²) in [6, 6.07) is 15.1. The van der Waals surface area contributed by atoms with Gasteiger partial charge in [0.2, 0.25) is 0 Å². The van der Waals surface area contributed by atoms with Crippen molar-refractivity contribution < 1.29 is 18.3 Å². The molecule has 0 saturated carbocycles. The fraction of sp³-hybridized carbons (Fsp3) is 0.0588. The lowest BCUT2D eigenvalue weighted by Gasteiger charge is -2.05. The van der Waals surface area contributed by atoms with Crippen LogP contribution in [0.3, 0.4) is 0 Å². The molecule has 0 aliphatic rings. The van der Waals surface area contributed by atoms with E-state index in [0.717, 1.165) is 11.3 Å². The molecule has 3 aromatic rings. The third kappa shape index (κ3) is 3.94. The topological polar surface area (TPSA) is 51.2 Å². The third-order valence-corrected chi connectivity index (χ3v) is 3.89. The van der Waals surface area contributed by atoms with Crippen LogP contribution in [0.2, 0.25) is 0 Å². The number of halogens is 2. The van der Waals surface area contributed by atoms with Crippen LogP contribution in [-0.2, 0) is 0 Å². The molecular weight excluding hydrogens is 334 g/mol. The van der Waals surface area contributed by atoms with Gasteiger partial charge in [-0.15, -0.1) is 11.3 Å². The van der Waals surface area contributed by atoms with Crippen molar-refractivity contribution in [2.75, 3.05) is 5.32 Å².